The number of carbonyl (C=O) groups excluding carboxylic acids is 1. The number of rotatable bonds is 5. The molecule has 0 spiro atoms. The molecule has 1 heterocycles. The molecule has 0 unspecified atom stereocenters. The highest BCUT2D eigenvalue weighted by molar-refractivity contribution is 5.85. The number of carboxylic acid groups (broad SMARTS) is 1. The van der Waals surface area contributed by atoms with Crippen molar-refractivity contribution in [2.24, 2.45) is 0 Å². The highest BCUT2D eigenvalue weighted by Crippen LogP contribution is 2.20. The van der Waals surface area contributed by atoms with E-state index < -0.39 is 12.0 Å². The fraction of sp³-hybridized carbons (Fsp3) is 0.500. The Bertz CT molecular complexity index is 527. The second kappa shape index (κ2) is 6.61. The van der Waals surface area contributed by atoms with Crippen molar-refractivity contribution in [3.8, 4) is 5.75 Å². The van der Waals surface area contributed by atoms with Crippen LogP contribution < -0.4 is 4.74 Å². The molecule has 0 radical (unpaired) electrons. The third-order valence-electron chi connectivity index (χ3n) is 3.48. The van der Waals surface area contributed by atoms with E-state index in [1.165, 1.54) is 4.90 Å². The number of carboxylic acids is 1. The normalized spacial score (nSPS) is 18.0. The molecule has 1 N–H and O–H groups in total. The van der Waals surface area contributed by atoms with Gasteiger partial charge in [0.15, 0.2) is 0 Å². The van der Waals surface area contributed by atoms with Crippen LogP contribution in [0, 0.1) is 0 Å². The maximum absolute atomic E-state index is 12.3. The van der Waals surface area contributed by atoms with Gasteiger partial charge >= 0.3 is 5.97 Å². The zero-order valence-corrected chi connectivity index (χ0v) is 12.4. The monoisotopic (exact) mass is 291 g/mol. The molecule has 1 fully saturated rings. The molecule has 1 saturated heterocycles. The first-order valence-corrected chi connectivity index (χ1v) is 7.25. The molecular weight excluding hydrogens is 270 g/mol. The second-order valence-corrected chi connectivity index (χ2v) is 5.57. The number of ether oxygens (including phenoxy) is 1. The zero-order valence-electron chi connectivity index (χ0n) is 12.4. The topological polar surface area (TPSA) is 66.8 Å². The number of aliphatic carboxylic acids is 1. The molecule has 114 valence electrons. The van der Waals surface area contributed by atoms with Gasteiger partial charge in [-0.2, -0.15) is 0 Å². The van der Waals surface area contributed by atoms with Crippen LogP contribution in [0.2, 0.25) is 0 Å². The summed E-state index contributed by atoms with van der Waals surface area (Å²) >= 11 is 0. The summed E-state index contributed by atoms with van der Waals surface area (Å²) in [4.78, 5) is 24.9. The minimum Gasteiger partial charge on any atom is -0.491 e. The molecule has 21 heavy (non-hydrogen) atoms. The average Bonchev–Trinajstić information content (AvgIpc) is 2.87. The molecule has 5 heteroatoms. The van der Waals surface area contributed by atoms with Crippen molar-refractivity contribution in [1.82, 2.24) is 4.90 Å². The molecule has 0 bridgehead atoms. The molecule has 1 aliphatic heterocycles. The first kappa shape index (κ1) is 15.4. The summed E-state index contributed by atoms with van der Waals surface area (Å²) in [6, 6.07) is 6.72. The SMILES string of the molecule is CC(C)Oc1cccc(CC(=O)N2CCC[C@@H]2C(=O)O)c1. The lowest BCUT2D eigenvalue weighted by molar-refractivity contribution is -0.148. The van der Waals surface area contributed by atoms with Crippen LogP contribution in [0.4, 0.5) is 0 Å². The fourth-order valence-electron chi connectivity index (χ4n) is 2.60. The maximum atomic E-state index is 12.3. The van der Waals surface area contributed by atoms with Crippen molar-refractivity contribution in [1.29, 1.82) is 0 Å². The third-order valence-corrected chi connectivity index (χ3v) is 3.48. The fourth-order valence-corrected chi connectivity index (χ4v) is 2.60. The Kier molecular flexibility index (Phi) is 4.83. The van der Waals surface area contributed by atoms with Crippen molar-refractivity contribution in [3.05, 3.63) is 29.8 Å². The van der Waals surface area contributed by atoms with E-state index in [2.05, 4.69) is 0 Å². The van der Waals surface area contributed by atoms with E-state index in [1.54, 1.807) is 0 Å². The molecule has 1 aromatic rings. The highest BCUT2D eigenvalue weighted by atomic mass is 16.5. The van der Waals surface area contributed by atoms with Gasteiger partial charge in [-0.3, -0.25) is 4.79 Å². The summed E-state index contributed by atoms with van der Waals surface area (Å²) in [6.45, 7) is 4.41. The van der Waals surface area contributed by atoms with Gasteiger partial charge in [-0.15, -0.1) is 0 Å². The quantitative estimate of drug-likeness (QED) is 0.902. The molecule has 0 saturated carbocycles. The third kappa shape index (κ3) is 3.97. The average molecular weight is 291 g/mol. The largest absolute Gasteiger partial charge is 0.491 e. The molecule has 1 amide bonds. The minimum absolute atomic E-state index is 0.0749. The Morgan fingerprint density at radius 2 is 2.19 bits per heavy atom. The lowest BCUT2D eigenvalue weighted by atomic mass is 10.1. The smallest absolute Gasteiger partial charge is 0.326 e. The molecule has 2 rings (SSSR count). The number of hydrogen-bond acceptors (Lipinski definition) is 3. The van der Waals surface area contributed by atoms with Crippen LogP contribution in [0.15, 0.2) is 24.3 Å². The van der Waals surface area contributed by atoms with Crippen LogP contribution in [-0.2, 0) is 16.0 Å². The van der Waals surface area contributed by atoms with Gasteiger partial charge in [-0.25, -0.2) is 4.79 Å². The van der Waals surface area contributed by atoms with Crippen LogP contribution in [0.1, 0.15) is 32.3 Å². The summed E-state index contributed by atoms with van der Waals surface area (Å²) in [5.74, 6) is -0.328. The first-order chi connectivity index (χ1) is 9.97. The zero-order chi connectivity index (χ0) is 15.4. The first-order valence-electron chi connectivity index (χ1n) is 7.25. The van der Waals surface area contributed by atoms with Crippen molar-refractivity contribution >= 4 is 11.9 Å². The van der Waals surface area contributed by atoms with E-state index in [9.17, 15) is 9.59 Å². The summed E-state index contributed by atoms with van der Waals surface area (Å²) in [6.07, 6.45) is 1.57. The lowest BCUT2D eigenvalue weighted by Crippen LogP contribution is -2.41. The van der Waals surface area contributed by atoms with Gasteiger partial charge in [0.05, 0.1) is 12.5 Å². The van der Waals surface area contributed by atoms with Crippen LogP contribution in [0.5, 0.6) is 5.75 Å². The highest BCUT2D eigenvalue weighted by Gasteiger charge is 2.33. The van der Waals surface area contributed by atoms with Gasteiger partial charge in [-0.05, 0) is 44.4 Å². The summed E-state index contributed by atoms with van der Waals surface area (Å²) in [5.41, 5.74) is 0.842. The summed E-state index contributed by atoms with van der Waals surface area (Å²) in [5, 5.41) is 9.13. The Morgan fingerprint density at radius 1 is 1.43 bits per heavy atom. The number of benzene rings is 1. The predicted octanol–water partition coefficient (Wildman–Crippen LogP) is 2.09. The van der Waals surface area contributed by atoms with Gasteiger partial charge in [-0.1, -0.05) is 12.1 Å². The van der Waals surface area contributed by atoms with E-state index in [0.29, 0.717) is 13.0 Å². The van der Waals surface area contributed by atoms with E-state index in [1.807, 2.05) is 38.1 Å². The molecule has 0 aromatic heterocycles. The predicted molar refractivity (Wildman–Crippen MR) is 78.3 cm³/mol. The maximum Gasteiger partial charge on any atom is 0.326 e. The van der Waals surface area contributed by atoms with E-state index in [-0.39, 0.29) is 18.4 Å². The Balaban J connectivity index is 2.04. The van der Waals surface area contributed by atoms with Crippen molar-refractivity contribution in [2.45, 2.75) is 45.3 Å². The standard InChI is InChI=1S/C16H21NO4/c1-11(2)21-13-6-3-5-12(9-13)10-15(18)17-8-4-7-14(17)16(19)20/h3,5-6,9,11,14H,4,7-8,10H2,1-2H3,(H,19,20)/t14-/m1/s1. The Morgan fingerprint density at radius 3 is 2.86 bits per heavy atom. The van der Waals surface area contributed by atoms with E-state index >= 15 is 0 Å². The van der Waals surface area contributed by atoms with Crippen LogP contribution in [-0.4, -0.2) is 40.6 Å². The van der Waals surface area contributed by atoms with Gasteiger partial charge in [0.25, 0.3) is 0 Å². The summed E-state index contributed by atoms with van der Waals surface area (Å²) in [7, 11) is 0. The number of amides is 1. The van der Waals surface area contributed by atoms with E-state index in [0.717, 1.165) is 17.7 Å². The lowest BCUT2D eigenvalue weighted by Gasteiger charge is -2.21. The van der Waals surface area contributed by atoms with Crippen LogP contribution in [0.25, 0.3) is 0 Å². The Labute approximate surface area is 124 Å². The Hall–Kier alpha value is -2.04. The molecule has 1 atom stereocenters. The minimum atomic E-state index is -0.919. The number of likely N-dealkylation sites (tertiary alicyclic amines) is 1. The van der Waals surface area contributed by atoms with E-state index in [4.69, 9.17) is 9.84 Å². The second-order valence-electron chi connectivity index (χ2n) is 5.57. The van der Waals surface area contributed by atoms with Crippen molar-refractivity contribution in [3.63, 3.8) is 0 Å². The van der Waals surface area contributed by atoms with Crippen LogP contribution >= 0.6 is 0 Å². The van der Waals surface area contributed by atoms with Crippen LogP contribution in [0.3, 0.4) is 0 Å². The molecule has 5 nitrogen and oxygen atoms in total. The van der Waals surface area contributed by atoms with Gasteiger partial charge < -0.3 is 14.7 Å². The van der Waals surface area contributed by atoms with Crippen molar-refractivity contribution < 1.29 is 19.4 Å². The molecule has 1 aromatic carbocycles. The van der Waals surface area contributed by atoms with Gasteiger partial charge in [0.1, 0.15) is 11.8 Å². The van der Waals surface area contributed by atoms with Crippen molar-refractivity contribution in [2.75, 3.05) is 6.54 Å². The van der Waals surface area contributed by atoms with Gasteiger partial charge in [0, 0.05) is 6.54 Å². The molecule has 0 aliphatic carbocycles. The molecule has 1 aliphatic rings. The summed E-state index contributed by atoms with van der Waals surface area (Å²) < 4.78 is 5.60. The number of hydrogen-bond donors (Lipinski definition) is 1. The van der Waals surface area contributed by atoms with Gasteiger partial charge in [0.2, 0.25) is 5.91 Å². The molecular formula is C16H21NO4. The number of carbonyl (C=O) groups is 2. The number of nitrogens with zero attached hydrogens (tertiary/aromatic N) is 1.